The fourth-order valence-electron chi connectivity index (χ4n) is 3.71. The number of rotatable bonds is 10. The van der Waals surface area contributed by atoms with Crippen molar-refractivity contribution in [1.29, 1.82) is 0 Å². The van der Waals surface area contributed by atoms with Gasteiger partial charge in [-0.3, -0.25) is 9.59 Å². The first-order valence-electron chi connectivity index (χ1n) is 11.3. The van der Waals surface area contributed by atoms with Crippen LogP contribution in [0.3, 0.4) is 0 Å². The molecule has 0 aromatic heterocycles. The predicted octanol–water partition coefficient (Wildman–Crippen LogP) is 2.77. The van der Waals surface area contributed by atoms with Crippen LogP contribution in [0.15, 0.2) is 47.4 Å². The van der Waals surface area contributed by atoms with E-state index < -0.39 is 15.9 Å². The second-order valence-electron chi connectivity index (χ2n) is 7.79. The van der Waals surface area contributed by atoms with E-state index in [-0.39, 0.29) is 17.3 Å². The number of anilines is 2. The van der Waals surface area contributed by atoms with E-state index in [4.69, 9.17) is 9.47 Å². The van der Waals surface area contributed by atoms with Crippen LogP contribution >= 0.6 is 0 Å². The smallest absolute Gasteiger partial charge is 0.262 e. The van der Waals surface area contributed by atoms with Gasteiger partial charge in [0.25, 0.3) is 5.91 Å². The maximum Gasteiger partial charge on any atom is 0.262 e. The van der Waals surface area contributed by atoms with E-state index >= 15 is 0 Å². The van der Waals surface area contributed by atoms with E-state index in [2.05, 4.69) is 5.32 Å². The van der Waals surface area contributed by atoms with Crippen molar-refractivity contribution in [3.05, 3.63) is 48.0 Å². The van der Waals surface area contributed by atoms with Crippen molar-refractivity contribution in [3.8, 4) is 5.75 Å². The summed E-state index contributed by atoms with van der Waals surface area (Å²) in [6.45, 7) is 7.76. The third-order valence-electron chi connectivity index (χ3n) is 5.55. The summed E-state index contributed by atoms with van der Waals surface area (Å²) in [6.07, 6.45) is 0. The maximum atomic E-state index is 13.0. The van der Waals surface area contributed by atoms with Gasteiger partial charge >= 0.3 is 0 Å². The number of sulfonamides is 1. The van der Waals surface area contributed by atoms with Crippen LogP contribution in [0.4, 0.5) is 11.4 Å². The summed E-state index contributed by atoms with van der Waals surface area (Å²) in [5, 5.41) is 2.81. The van der Waals surface area contributed by atoms with Gasteiger partial charge in [-0.15, -0.1) is 0 Å². The van der Waals surface area contributed by atoms with Gasteiger partial charge in [-0.05, 0) is 37.3 Å². The molecule has 0 aliphatic carbocycles. The molecular weight excluding hydrogens is 458 g/mol. The van der Waals surface area contributed by atoms with Crippen molar-refractivity contribution < 1.29 is 27.5 Å². The first kappa shape index (κ1) is 25.7. The minimum Gasteiger partial charge on any atom is -0.484 e. The fourth-order valence-corrected chi connectivity index (χ4v) is 5.19. The van der Waals surface area contributed by atoms with Gasteiger partial charge in [-0.2, -0.15) is 4.31 Å². The summed E-state index contributed by atoms with van der Waals surface area (Å²) < 4.78 is 38.4. The second kappa shape index (κ2) is 11.5. The lowest BCUT2D eigenvalue weighted by Gasteiger charge is -2.31. The van der Waals surface area contributed by atoms with E-state index in [9.17, 15) is 18.0 Å². The van der Waals surface area contributed by atoms with Crippen LogP contribution in [-0.2, 0) is 19.6 Å². The molecule has 0 saturated carbocycles. The zero-order valence-corrected chi connectivity index (χ0v) is 20.6. The summed E-state index contributed by atoms with van der Waals surface area (Å²) in [5.41, 5.74) is 1.59. The number of ether oxygens (including phenoxy) is 2. The summed E-state index contributed by atoms with van der Waals surface area (Å²) in [4.78, 5) is 26.5. The zero-order chi connectivity index (χ0) is 24.7. The highest BCUT2D eigenvalue weighted by Crippen LogP contribution is 2.31. The van der Waals surface area contributed by atoms with Gasteiger partial charge in [0.2, 0.25) is 10.0 Å². The van der Waals surface area contributed by atoms with E-state index in [1.165, 1.54) is 17.3 Å². The van der Waals surface area contributed by atoms with Gasteiger partial charge in [0.05, 0.1) is 29.5 Å². The van der Waals surface area contributed by atoms with E-state index in [0.717, 1.165) is 0 Å². The number of carbonyl (C=O) groups excluding carboxylic acids is 2. The van der Waals surface area contributed by atoms with Crippen LogP contribution in [0.2, 0.25) is 0 Å². The van der Waals surface area contributed by atoms with E-state index in [1.54, 1.807) is 50.2 Å². The van der Waals surface area contributed by atoms with Gasteiger partial charge in [-0.1, -0.05) is 26.0 Å². The Balaban J connectivity index is 1.84. The lowest BCUT2D eigenvalue weighted by atomic mass is 10.1. The number of amides is 1. The van der Waals surface area contributed by atoms with Crippen LogP contribution in [0, 0.1) is 0 Å². The molecular formula is C24H31N3O6S. The molecule has 1 fully saturated rings. The summed E-state index contributed by atoms with van der Waals surface area (Å²) in [6, 6.07) is 11.4. The third-order valence-corrected chi connectivity index (χ3v) is 7.59. The van der Waals surface area contributed by atoms with Crippen LogP contribution in [0.25, 0.3) is 0 Å². The Morgan fingerprint density at radius 1 is 1.09 bits per heavy atom. The van der Waals surface area contributed by atoms with Gasteiger partial charge in [-0.25, -0.2) is 8.42 Å². The molecule has 0 bridgehead atoms. The van der Waals surface area contributed by atoms with Crippen molar-refractivity contribution in [2.75, 3.05) is 56.2 Å². The Morgan fingerprint density at radius 3 is 2.44 bits per heavy atom. The van der Waals surface area contributed by atoms with Crippen LogP contribution in [0.1, 0.15) is 31.1 Å². The lowest BCUT2D eigenvalue weighted by molar-refractivity contribution is -0.118. The molecule has 1 saturated heterocycles. The molecule has 0 atom stereocenters. The minimum absolute atomic E-state index is 0.101. The molecule has 0 spiro atoms. The molecule has 1 amide bonds. The number of nitrogens with zero attached hydrogens (tertiary/aromatic N) is 2. The number of morpholine rings is 1. The molecule has 34 heavy (non-hydrogen) atoms. The Labute approximate surface area is 200 Å². The van der Waals surface area contributed by atoms with Crippen molar-refractivity contribution in [2.24, 2.45) is 0 Å². The Hall–Kier alpha value is -2.95. The third kappa shape index (κ3) is 6.13. The first-order valence-corrected chi connectivity index (χ1v) is 12.7. The normalized spacial score (nSPS) is 14.2. The van der Waals surface area contributed by atoms with Crippen LogP contribution in [-0.4, -0.2) is 70.4 Å². The highest BCUT2D eigenvalue weighted by Gasteiger charge is 2.25. The van der Waals surface area contributed by atoms with Crippen LogP contribution in [0.5, 0.6) is 5.75 Å². The molecule has 0 unspecified atom stereocenters. The molecule has 2 aromatic carbocycles. The maximum absolute atomic E-state index is 13.0. The van der Waals surface area contributed by atoms with Crippen molar-refractivity contribution in [2.45, 2.75) is 25.7 Å². The average Bonchev–Trinajstić information content (AvgIpc) is 2.84. The summed E-state index contributed by atoms with van der Waals surface area (Å²) in [5.74, 6) is -0.148. The largest absolute Gasteiger partial charge is 0.484 e. The summed E-state index contributed by atoms with van der Waals surface area (Å²) in [7, 11) is -3.70. The number of carbonyl (C=O) groups is 2. The Bertz CT molecular complexity index is 1130. The second-order valence-corrected chi connectivity index (χ2v) is 9.73. The first-order chi connectivity index (χ1) is 16.3. The van der Waals surface area contributed by atoms with Crippen LogP contribution < -0.4 is 15.0 Å². The number of ketones is 1. The molecule has 1 aliphatic rings. The van der Waals surface area contributed by atoms with Gasteiger partial charge in [0.15, 0.2) is 12.4 Å². The SMILES string of the molecule is CCN(CC)S(=O)(=O)c1ccc(N2CCOCC2)c(NC(=O)COc2cccc(C(C)=O)c2)c1. The Morgan fingerprint density at radius 2 is 1.79 bits per heavy atom. The number of hydrogen-bond acceptors (Lipinski definition) is 7. The highest BCUT2D eigenvalue weighted by molar-refractivity contribution is 7.89. The van der Waals surface area contributed by atoms with Crippen molar-refractivity contribution >= 4 is 33.1 Å². The predicted molar refractivity (Wildman–Crippen MR) is 130 cm³/mol. The highest BCUT2D eigenvalue weighted by atomic mass is 32.2. The molecule has 184 valence electrons. The fraction of sp³-hybridized carbons (Fsp3) is 0.417. The quantitative estimate of drug-likeness (QED) is 0.512. The number of benzene rings is 2. The number of nitrogens with one attached hydrogen (secondary N) is 1. The molecule has 1 aliphatic heterocycles. The molecule has 9 nitrogen and oxygen atoms in total. The van der Waals surface area contributed by atoms with E-state index in [0.29, 0.717) is 62.1 Å². The van der Waals surface area contributed by atoms with Gasteiger partial charge in [0.1, 0.15) is 5.75 Å². The number of hydrogen-bond donors (Lipinski definition) is 1. The lowest BCUT2D eigenvalue weighted by Crippen LogP contribution is -2.37. The average molecular weight is 490 g/mol. The molecule has 2 aromatic rings. The minimum atomic E-state index is -3.70. The summed E-state index contributed by atoms with van der Waals surface area (Å²) >= 11 is 0. The zero-order valence-electron chi connectivity index (χ0n) is 19.7. The van der Waals surface area contributed by atoms with Crippen molar-refractivity contribution in [3.63, 3.8) is 0 Å². The molecule has 0 radical (unpaired) electrons. The number of Topliss-reactive ketones (excluding diaryl/α,β-unsaturated/α-hetero) is 1. The monoisotopic (exact) mass is 489 g/mol. The molecule has 10 heteroatoms. The molecule has 1 N–H and O–H groups in total. The van der Waals surface area contributed by atoms with Crippen molar-refractivity contribution in [1.82, 2.24) is 4.31 Å². The standard InChI is InChI=1S/C24H31N3O6S/c1-4-27(5-2)34(30,31)21-9-10-23(26-11-13-32-14-12-26)22(16-21)25-24(29)17-33-20-8-6-7-19(15-20)18(3)28/h6-10,15-16H,4-5,11-14,17H2,1-3H3,(H,25,29). The van der Waals surface area contributed by atoms with E-state index in [1.807, 2.05) is 4.90 Å². The topological polar surface area (TPSA) is 105 Å². The van der Waals surface area contributed by atoms with Gasteiger partial charge < -0.3 is 19.7 Å². The molecule has 3 rings (SSSR count). The molecule has 1 heterocycles. The van der Waals surface area contributed by atoms with Gasteiger partial charge in [0, 0.05) is 31.7 Å². The Kier molecular flexibility index (Phi) is 8.65.